The second-order valence-corrected chi connectivity index (χ2v) is 5.39. The van der Waals surface area contributed by atoms with E-state index in [1.54, 1.807) is 0 Å². The highest BCUT2D eigenvalue weighted by Gasteiger charge is 2.33. The number of aliphatic carboxylic acids is 1. The van der Waals surface area contributed by atoms with Gasteiger partial charge in [-0.1, -0.05) is 6.42 Å². The lowest BCUT2D eigenvalue weighted by Crippen LogP contribution is -2.25. The number of unbranched alkanes of at least 4 members (excludes halogenated alkanes) is 2. The third-order valence-electron chi connectivity index (χ3n) is 3.70. The molecule has 0 atom stereocenters. The monoisotopic (exact) mass is 318 g/mol. The molecule has 7 nitrogen and oxygen atoms in total. The number of rotatable bonds is 7. The van der Waals surface area contributed by atoms with Crippen LogP contribution in [0.25, 0.3) is 0 Å². The molecule has 7 heteroatoms. The molecule has 2 rings (SSSR count). The number of hydrogen-bond donors (Lipinski definition) is 2. The molecule has 122 valence electrons. The van der Waals surface area contributed by atoms with E-state index in [2.05, 4.69) is 5.32 Å². The molecule has 1 heterocycles. The maximum atomic E-state index is 12.0. The Morgan fingerprint density at radius 1 is 1.09 bits per heavy atom. The Morgan fingerprint density at radius 3 is 2.48 bits per heavy atom. The Labute approximate surface area is 133 Å². The van der Waals surface area contributed by atoms with E-state index in [1.165, 1.54) is 25.2 Å². The number of carbonyl (C=O) groups excluding carboxylic acids is 3. The zero-order valence-corrected chi connectivity index (χ0v) is 12.8. The van der Waals surface area contributed by atoms with Crippen molar-refractivity contribution >= 4 is 23.7 Å². The Bertz CT molecular complexity index is 668. The van der Waals surface area contributed by atoms with Gasteiger partial charge in [-0.15, -0.1) is 0 Å². The van der Waals surface area contributed by atoms with Crippen molar-refractivity contribution in [2.45, 2.75) is 25.7 Å². The molecular weight excluding hydrogens is 300 g/mol. The summed E-state index contributed by atoms with van der Waals surface area (Å²) in [5.41, 5.74) is 0.875. The van der Waals surface area contributed by atoms with Crippen LogP contribution in [0.15, 0.2) is 18.2 Å². The van der Waals surface area contributed by atoms with Gasteiger partial charge in [-0.2, -0.15) is 0 Å². The van der Waals surface area contributed by atoms with Gasteiger partial charge in [0.1, 0.15) is 0 Å². The van der Waals surface area contributed by atoms with Crippen LogP contribution in [0, 0.1) is 0 Å². The minimum Gasteiger partial charge on any atom is -0.481 e. The number of nitrogens with one attached hydrogen (secondary N) is 1. The summed E-state index contributed by atoms with van der Waals surface area (Å²) < 4.78 is 0. The van der Waals surface area contributed by atoms with Crippen molar-refractivity contribution in [1.29, 1.82) is 0 Å². The Morgan fingerprint density at radius 2 is 1.78 bits per heavy atom. The Balaban J connectivity index is 1.88. The largest absolute Gasteiger partial charge is 0.481 e. The second-order valence-electron chi connectivity index (χ2n) is 5.39. The molecule has 0 unspecified atom stereocenters. The third-order valence-corrected chi connectivity index (χ3v) is 3.70. The molecule has 3 amide bonds. The summed E-state index contributed by atoms with van der Waals surface area (Å²) in [6, 6.07) is 4.43. The van der Waals surface area contributed by atoms with Crippen LogP contribution in [0.2, 0.25) is 0 Å². The highest BCUT2D eigenvalue weighted by molar-refractivity contribution is 6.21. The molecule has 1 aliphatic rings. The number of carboxylic acids is 1. The minimum atomic E-state index is -0.823. The van der Waals surface area contributed by atoms with Crippen LogP contribution in [0.3, 0.4) is 0 Å². The maximum absolute atomic E-state index is 12.0. The van der Waals surface area contributed by atoms with Gasteiger partial charge in [-0.25, -0.2) is 0 Å². The fourth-order valence-electron chi connectivity index (χ4n) is 2.38. The fourth-order valence-corrected chi connectivity index (χ4v) is 2.38. The van der Waals surface area contributed by atoms with Crippen LogP contribution in [0.1, 0.15) is 56.8 Å². The SMILES string of the molecule is CN1C(=O)c2ccc(C(=O)NCCCCCC(=O)O)cc2C1=O. The first kappa shape index (κ1) is 16.7. The minimum absolute atomic E-state index is 0.127. The highest BCUT2D eigenvalue weighted by Crippen LogP contribution is 2.22. The topological polar surface area (TPSA) is 104 Å². The first-order valence-electron chi connectivity index (χ1n) is 7.38. The van der Waals surface area contributed by atoms with E-state index >= 15 is 0 Å². The van der Waals surface area contributed by atoms with Gasteiger partial charge in [0.15, 0.2) is 0 Å². The van der Waals surface area contributed by atoms with Gasteiger partial charge in [0.05, 0.1) is 11.1 Å². The molecule has 0 saturated carbocycles. The van der Waals surface area contributed by atoms with Crippen molar-refractivity contribution in [2.24, 2.45) is 0 Å². The molecule has 0 aromatic heterocycles. The smallest absolute Gasteiger partial charge is 0.303 e. The van der Waals surface area contributed by atoms with Gasteiger partial charge in [0.25, 0.3) is 17.7 Å². The predicted molar refractivity (Wildman–Crippen MR) is 81.3 cm³/mol. The van der Waals surface area contributed by atoms with Crippen molar-refractivity contribution in [3.63, 3.8) is 0 Å². The first-order valence-corrected chi connectivity index (χ1v) is 7.38. The third kappa shape index (κ3) is 3.74. The molecule has 0 aliphatic carbocycles. The van der Waals surface area contributed by atoms with Gasteiger partial charge >= 0.3 is 5.97 Å². The van der Waals surface area contributed by atoms with Crippen LogP contribution in [-0.4, -0.2) is 47.3 Å². The van der Waals surface area contributed by atoms with Crippen LogP contribution in [0.5, 0.6) is 0 Å². The van der Waals surface area contributed by atoms with Crippen molar-refractivity contribution < 1.29 is 24.3 Å². The number of imide groups is 1. The van der Waals surface area contributed by atoms with Gasteiger partial charge in [0.2, 0.25) is 0 Å². The van der Waals surface area contributed by atoms with Gasteiger partial charge < -0.3 is 10.4 Å². The molecule has 0 fully saturated rings. The van der Waals surface area contributed by atoms with Gasteiger partial charge in [-0.05, 0) is 31.0 Å². The lowest BCUT2D eigenvalue weighted by molar-refractivity contribution is -0.137. The number of fused-ring (bicyclic) bond motifs is 1. The molecule has 0 spiro atoms. The Hall–Kier alpha value is -2.70. The molecule has 0 bridgehead atoms. The average molecular weight is 318 g/mol. The van der Waals surface area contributed by atoms with Crippen molar-refractivity contribution in [3.8, 4) is 0 Å². The van der Waals surface area contributed by atoms with E-state index in [0.717, 1.165) is 4.90 Å². The molecule has 2 N–H and O–H groups in total. The number of carboxylic acid groups (broad SMARTS) is 1. The van der Waals surface area contributed by atoms with Crippen LogP contribution >= 0.6 is 0 Å². The van der Waals surface area contributed by atoms with E-state index in [9.17, 15) is 19.2 Å². The van der Waals surface area contributed by atoms with Gasteiger partial charge in [-0.3, -0.25) is 24.1 Å². The summed E-state index contributed by atoms with van der Waals surface area (Å²) in [5, 5.41) is 11.2. The standard InChI is InChI=1S/C16H18N2O5/c1-18-15(22)11-7-6-10(9-12(11)16(18)23)14(21)17-8-4-2-3-5-13(19)20/h6-7,9H,2-5,8H2,1H3,(H,17,21)(H,19,20). The second kappa shape index (κ2) is 7.04. The molecule has 0 radical (unpaired) electrons. The lowest BCUT2D eigenvalue weighted by Gasteiger charge is -2.06. The zero-order valence-electron chi connectivity index (χ0n) is 12.8. The molecule has 1 aliphatic heterocycles. The normalized spacial score (nSPS) is 13.2. The number of benzene rings is 1. The Kier molecular flexibility index (Phi) is 5.10. The summed E-state index contributed by atoms with van der Waals surface area (Å²) in [7, 11) is 1.40. The predicted octanol–water partition coefficient (Wildman–Crippen LogP) is 1.29. The van der Waals surface area contributed by atoms with E-state index in [1.807, 2.05) is 0 Å². The van der Waals surface area contributed by atoms with Crippen molar-refractivity contribution in [2.75, 3.05) is 13.6 Å². The van der Waals surface area contributed by atoms with Crippen LogP contribution in [-0.2, 0) is 4.79 Å². The molecule has 23 heavy (non-hydrogen) atoms. The van der Waals surface area contributed by atoms with Crippen LogP contribution < -0.4 is 5.32 Å². The number of nitrogens with zero attached hydrogens (tertiary/aromatic N) is 1. The molecule has 0 saturated heterocycles. The number of hydrogen-bond acceptors (Lipinski definition) is 4. The summed E-state index contributed by atoms with van der Waals surface area (Å²) in [6.45, 7) is 0.433. The van der Waals surface area contributed by atoms with Crippen molar-refractivity contribution in [3.05, 3.63) is 34.9 Å². The van der Waals surface area contributed by atoms with E-state index < -0.39 is 11.9 Å². The first-order chi connectivity index (χ1) is 10.9. The van der Waals surface area contributed by atoms with E-state index in [0.29, 0.717) is 36.9 Å². The summed E-state index contributed by atoms with van der Waals surface area (Å²) >= 11 is 0. The lowest BCUT2D eigenvalue weighted by atomic mass is 10.1. The van der Waals surface area contributed by atoms with Gasteiger partial charge in [0, 0.05) is 25.6 Å². The van der Waals surface area contributed by atoms with Crippen molar-refractivity contribution in [1.82, 2.24) is 10.2 Å². The molecule has 1 aromatic rings. The fraction of sp³-hybridized carbons (Fsp3) is 0.375. The summed E-state index contributed by atoms with van der Waals surface area (Å²) in [6.07, 6.45) is 2.11. The average Bonchev–Trinajstić information content (AvgIpc) is 2.74. The van der Waals surface area contributed by atoms with E-state index in [4.69, 9.17) is 5.11 Å². The highest BCUT2D eigenvalue weighted by atomic mass is 16.4. The maximum Gasteiger partial charge on any atom is 0.303 e. The molecule has 1 aromatic carbocycles. The zero-order chi connectivity index (χ0) is 17.0. The molecular formula is C16H18N2O5. The summed E-state index contributed by atoms with van der Waals surface area (Å²) in [5.74, 6) is -1.92. The summed E-state index contributed by atoms with van der Waals surface area (Å²) in [4.78, 5) is 47.1. The van der Waals surface area contributed by atoms with E-state index in [-0.39, 0.29) is 23.8 Å². The number of carbonyl (C=O) groups is 4. The number of amides is 3. The quantitative estimate of drug-likeness (QED) is 0.582. The van der Waals surface area contributed by atoms with Crippen LogP contribution in [0.4, 0.5) is 0 Å².